The second-order valence-corrected chi connectivity index (χ2v) is 4.52. The maximum atomic E-state index is 13.2. The van der Waals surface area contributed by atoms with Crippen molar-refractivity contribution in [3.05, 3.63) is 57.6 Å². The lowest BCUT2D eigenvalue weighted by atomic mass is 10.2. The summed E-state index contributed by atoms with van der Waals surface area (Å²) >= 11 is 11.4. The van der Waals surface area contributed by atoms with E-state index in [1.807, 2.05) is 0 Å². The number of aromatic nitrogens is 1. The van der Waals surface area contributed by atoms with E-state index in [1.165, 1.54) is 24.4 Å². The molecule has 2 rings (SSSR count). The minimum Gasteiger partial charge on any atom is -0.322 e. The maximum absolute atomic E-state index is 13.2. The van der Waals surface area contributed by atoms with Crippen molar-refractivity contribution in [3.8, 4) is 6.07 Å². The van der Waals surface area contributed by atoms with E-state index in [-0.39, 0.29) is 21.3 Å². The lowest BCUT2D eigenvalue weighted by molar-refractivity contribution is 0.102. The first-order valence-corrected chi connectivity index (χ1v) is 6.09. The van der Waals surface area contributed by atoms with Crippen molar-refractivity contribution in [2.45, 2.75) is 0 Å². The minimum atomic E-state index is -0.651. The van der Waals surface area contributed by atoms with Crippen molar-refractivity contribution < 1.29 is 9.18 Å². The summed E-state index contributed by atoms with van der Waals surface area (Å²) in [7, 11) is 0. The molecule has 2 aromatic rings. The van der Waals surface area contributed by atoms with Gasteiger partial charge in [0.05, 0.1) is 16.1 Å². The van der Waals surface area contributed by atoms with E-state index in [0.717, 1.165) is 6.07 Å². The van der Waals surface area contributed by atoms with Crippen molar-refractivity contribution in [1.82, 2.24) is 4.98 Å². The summed E-state index contributed by atoms with van der Waals surface area (Å²) in [6.07, 6.45) is 1.26. The molecular weight excluding hydrogens is 304 g/mol. The summed E-state index contributed by atoms with van der Waals surface area (Å²) in [5, 5.41) is 11.5. The summed E-state index contributed by atoms with van der Waals surface area (Å²) in [4.78, 5) is 15.7. The van der Waals surface area contributed by atoms with Gasteiger partial charge in [0.25, 0.3) is 5.91 Å². The van der Waals surface area contributed by atoms with E-state index in [9.17, 15) is 9.18 Å². The number of carbonyl (C=O) groups is 1. The third-order valence-electron chi connectivity index (χ3n) is 2.40. The van der Waals surface area contributed by atoms with E-state index < -0.39 is 11.7 Å². The van der Waals surface area contributed by atoms with Crippen LogP contribution in [-0.4, -0.2) is 10.9 Å². The Kier molecular flexibility index (Phi) is 4.18. The van der Waals surface area contributed by atoms with Crippen LogP contribution in [0.1, 0.15) is 15.9 Å². The second-order valence-electron chi connectivity index (χ2n) is 3.76. The van der Waals surface area contributed by atoms with Crippen molar-refractivity contribution in [3.63, 3.8) is 0 Å². The zero-order valence-electron chi connectivity index (χ0n) is 9.82. The number of anilines is 1. The molecule has 1 aromatic heterocycles. The number of amides is 1. The molecule has 20 heavy (non-hydrogen) atoms. The smallest absolute Gasteiger partial charge is 0.257 e. The Morgan fingerprint density at radius 3 is 2.75 bits per heavy atom. The number of rotatable bonds is 2. The molecule has 1 N–H and O–H groups in total. The summed E-state index contributed by atoms with van der Waals surface area (Å²) in [5.41, 5.74) is 0.330. The van der Waals surface area contributed by atoms with Crippen LogP contribution in [-0.2, 0) is 0 Å². The average molecular weight is 310 g/mol. The Bertz CT molecular complexity index is 728. The van der Waals surface area contributed by atoms with Crippen LogP contribution in [0.25, 0.3) is 0 Å². The molecule has 0 bridgehead atoms. The van der Waals surface area contributed by atoms with Gasteiger partial charge in [0, 0.05) is 11.9 Å². The Hall–Kier alpha value is -2.16. The highest BCUT2D eigenvalue weighted by molar-refractivity contribution is 6.41. The molecule has 0 spiro atoms. The molecule has 0 aliphatic heterocycles. The fraction of sp³-hybridized carbons (Fsp3) is 0. The number of benzene rings is 1. The third kappa shape index (κ3) is 3.05. The van der Waals surface area contributed by atoms with Crippen molar-refractivity contribution in [2.75, 3.05) is 5.32 Å². The van der Waals surface area contributed by atoms with Gasteiger partial charge < -0.3 is 5.32 Å². The van der Waals surface area contributed by atoms with Crippen molar-refractivity contribution >= 4 is 34.8 Å². The Balaban J connectivity index is 2.23. The zero-order chi connectivity index (χ0) is 14.7. The monoisotopic (exact) mass is 309 g/mol. The van der Waals surface area contributed by atoms with E-state index in [4.69, 9.17) is 28.5 Å². The molecule has 0 aliphatic carbocycles. The quantitative estimate of drug-likeness (QED) is 0.861. The second kappa shape index (κ2) is 5.87. The third-order valence-corrected chi connectivity index (χ3v) is 3.09. The van der Waals surface area contributed by atoms with Crippen LogP contribution < -0.4 is 5.32 Å². The standard InChI is InChI=1S/C13H6Cl2FN3O/c14-10-4-8(6-18-12(10)15)13(20)19-9-1-2-11(16)7(3-9)5-17/h1-4,6H,(H,19,20). The summed E-state index contributed by atoms with van der Waals surface area (Å²) in [5.74, 6) is -1.15. The van der Waals surface area contributed by atoms with Gasteiger partial charge in [0.15, 0.2) is 0 Å². The fourth-order valence-electron chi connectivity index (χ4n) is 1.44. The number of halogens is 3. The summed E-state index contributed by atoms with van der Waals surface area (Å²) in [6, 6.07) is 6.73. The van der Waals surface area contributed by atoms with Gasteiger partial charge in [-0.3, -0.25) is 4.79 Å². The van der Waals surface area contributed by atoms with Crippen LogP contribution in [0, 0.1) is 17.1 Å². The predicted molar refractivity (Wildman–Crippen MR) is 73.3 cm³/mol. The molecule has 1 amide bonds. The molecule has 0 aliphatic rings. The van der Waals surface area contributed by atoms with Gasteiger partial charge in [-0.1, -0.05) is 23.2 Å². The van der Waals surface area contributed by atoms with Gasteiger partial charge in [-0.25, -0.2) is 9.37 Å². The first-order valence-electron chi connectivity index (χ1n) is 5.33. The van der Waals surface area contributed by atoms with Crippen LogP contribution in [0.15, 0.2) is 30.5 Å². The SMILES string of the molecule is N#Cc1cc(NC(=O)c2cnc(Cl)c(Cl)c2)ccc1F. The normalized spacial score (nSPS) is 9.90. The average Bonchev–Trinajstić information content (AvgIpc) is 2.43. The molecule has 7 heteroatoms. The first kappa shape index (κ1) is 14.3. The topological polar surface area (TPSA) is 65.8 Å². The lowest BCUT2D eigenvalue weighted by Gasteiger charge is -2.06. The minimum absolute atomic E-state index is 0.0942. The van der Waals surface area contributed by atoms with Gasteiger partial charge >= 0.3 is 0 Å². The van der Waals surface area contributed by atoms with E-state index in [0.29, 0.717) is 5.69 Å². The molecule has 0 atom stereocenters. The molecule has 100 valence electrons. The molecular formula is C13H6Cl2FN3O. The Morgan fingerprint density at radius 2 is 2.10 bits per heavy atom. The molecule has 1 heterocycles. The fourth-order valence-corrected chi connectivity index (χ4v) is 1.71. The van der Waals surface area contributed by atoms with E-state index in [1.54, 1.807) is 6.07 Å². The van der Waals surface area contributed by atoms with Crippen LogP contribution in [0.3, 0.4) is 0 Å². The molecule has 0 unspecified atom stereocenters. The number of hydrogen-bond acceptors (Lipinski definition) is 3. The number of nitrogens with zero attached hydrogens (tertiary/aromatic N) is 2. The maximum Gasteiger partial charge on any atom is 0.257 e. The number of pyridine rings is 1. The molecule has 4 nitrogen and oxygen atoms in total. The summed E-state index contributed by atoms with van der Waals surface area (Å²) < 4.78 is 13.2. The Labute approximate surface area is 123 Å². The molecule has 0 saturated heterocycles. The highest BCUT2D eigenvalue weighted by Gasteiger charge is 2.10. The highest BCUT2D eigenvalue weighted by Crippen LogP contribution is 2.21. The number of carbonyl (C=O) groups excluding carboxylic acids is 1. The van der Waals surface area contributed by atoms with Crippen LogP contribution >= 0.6 is 23.2 Å². The number of nitrogens with one attached hydrogen (secondary N) is 1. The number of hydrogen-bond donors (Lipinski definition) is 1. The zero-order valence-corrected chi connectivity index (χ0v) is 11.3. The first-order chi connectivity index (χ1) is 9.51. The van der Waals surface area contributed by atoms with E-state index >= 15 is 0 Å². The summed E-state index contributed by atoms with van der Waals surface area (Å²) in [6.45, 7) is 0. The van der Waals surface area contributed by atoms with Crippen molar-refractivity contribution in [1.29, 1.82) is 5.26 Å². The largest absolute Gasteiger partial charge is 0.322 e. The predicted octanol–water partition coefficient (Wildman–Crippen LogP) is 3.65. The van der Waals surface area contributed by atoms with Gasteiger partial charge in [-0.2, -0.15) is 5.26 Å². The van der Waals surface area contributed by atoms with Crippen LogP contribution in [0.5, 0.6) is 0 Å². The molecule has 0 fully saturated rings. The molecule has 0 saturated carbocycles. The molecule has 0 radical (unpaired) electrons. The van der Waals surface area contributed by atoms with Gasteiger partial charge in [0.1, 0.15) is 17.0 Å². The number of nitriles is 1. The van der Waals surface area contributed by atoms with Crippen LogP contribution in [0.2, 0.25) is 10.2 Å². The lowest BCUT2D eigenvalue weighted by Crippen LogP contribution is -2.12. The van der Waals surface area contributed by atoms with Gasteiger partial charge in [-0.15, -0.1) is 0 Å². The van der Waals surface area contributed by atoms with Crippen molar-refractivity contribution in [2.24, 2.45) is 0 Å². The van der Waals surface area contributed by atoms with Gasteiger partial charge in [0.2, 0.25) is 0 Å². The van der Waals surface area contributed by atoms with Gasteiger partial charge in [-0.05, 0) is 24.3 Å². The van der Waals surface area contributed by atoms with Crippen LogP contribution in [0.4, 0.5) is 10.1 Å². The highest BCUT2D eigenvalue weighted by atomic mass is 35.5. The Morgan fingerprint density at radius 1 is 1.35 bits per heavy atom. The van der Waals surface area contributed by atoms with E-state index in [2.05, 4.69) is 10.3 Å². The molecule has 1 aromatic carbocycles.